The number of nitrogens with zero attached hydrogens (tertiary/aromatic N) is 2. The average molecular weight is 342 g/mol. The van der Waals surface area contributed by atoms with Gasteiger partial charge in [0.1, 0.15) is 0 Å². The maximum absolute atomic E-state index is 12.8. The molecule has 0 aromatic heterocycles. The summed E-state index contributed by atoms with van der Waals surface area (Å²) in [7, 11) is 0. The molecule has 0 saturated heterocycles. The maximum atomic E-state index is 12.8. The summed E-state index contributed by atoms with van der Waals surface area (Å²) in [5.41, 5.74) is 5.30. The molecule has 0 atom stereocenters. The van der Waals surface area contributed by atoms with Crippen LogP contribution in [0, 0.1) is 20.8 Å². The van der Waals surface area contributed by atoms with Crippen LogP contribution < -0.4 is 0 Å². The first-order valence-electron chi connectivity index (χ1n) is 8.50. The molecule has 128 valence electrons. The number of hydrogen-bond donors (Lipinski definition) is 0. The second-order valence-electron chi connectivity index (χ2n) is 6.67. The summed E-state index contributed by atoms with van der Waals surface area (Å²) in [4.78, 5) is 25.7. The zero-order chi connectivity index (χ0) is 18.4. The van der Waals surface area contributed by atoms with E-state index in [1.165, 1.54) is 5.56 Å². The molecule has 0 fully saturated rings. The first-order chi connectivity index (χ1) is 12.5. The first kappa shape index (κ1) is 16.2. The van der Waals surface area contributed by atoms with Gasteiger partial charge < -0.3 is 0 Å². The number of imide groups is 1. The molecule has 4 rings (SSSR count). The van der Waals surface area contributed by atoms with E-state index in [0.717, 1.165) is 27.1 Å². The molecule has 3 aromatic carbocycles. The zero-order valence-electron chi connectivity index (χ0n) is 14.9. The third-order valence-electron chi connectivity index (χ3n) is 4.94. The van der Waals surface area contributed by atoms with E-state index >= 15 is 0 Å². The topological polar surface area (TPSA) is 49.7 Å². The van der Waals surface area contributed by atoms with Crippen LogP contribution in [0.3, 0.4) is 0 Å². The van der Waals surface area contributed by atoms with Crippen molar-refractivity contribution in [1.82, 2.24) is 5.01 Å². The van der Waals surface area contributed by atoms with Crippen LogP contribution in [0.2, 0.25) is 0 Å². The minimum atomic E-state index is -0.392. The number of benzene rings is 3. The normalized spacial score (nSPS) is 13.9. The number of amides is 2. The number of aryl methyl sites for hydroxylation is 3. The fourth-order valence-electron chi connectivity index (χ4n) is 3.36. The van der Waals surface area contributed by atoms with Crippen LogP contribution in [0.5, 0.6) is 0 Å². The Labute approximate surface area is 151 Å². The van der Waals surface area contributed by atoms with Gasteiger partial charge in [-0.1, -0.05) is 30.3 Å². The summed E-state index contributed by atoms with van der Waals surface area (Å²) in [6.45, 7) is 6.07. The van der Waals surface area contributed by atoms with E-state index in [9.17, 15) is 9.59 Å². The van der Waals surface area contributed by atoms with Crippen molar-refractivity contribution in [3.8, 4) is 0 Å². The van der Waals surface area contributed by atoms with Crippen molar-refractivity contribution >= 4 is 28.8 Å². The van der Waals surface area contributed by atoms with Crippen LogP contribution in [-0.4, -0.2) is 23.0 Å². The number of carbonyl (C=O) groups excluding carboxylic acids is 2. The zero-order valence-corrected chi connectivity index (χ0v) is 14.9. The first-order valence-corrected chi connectivity index (χ1v) is 8.50. The smallest absolute Gasteiger partial charge is 0.267 e. The van der Waals surface area contributed by atoms with Gasteiger partial charge >= 0.3 is 0 Å². The number of hydrazone groups is 1. The summed E-state index contributed by atoms with van der Waals surface area (Å²) < 4.78 is 0. The molecular weight excluding hydrogens is 324 g/mol. The van der Waals surface area contributed by atoms with Crippen molar-refractivity contribution in [3.63, 3.8) is 0 Å². The average Bonchev–Trinajstić information content (AvgIpc) is 2.63. The minimum absolute atomic E-state index is 0.392. The molecule has 4 heteroatoms. The highest BCUT2D eigenvalue weighted by atomic mass is 16.2. The molecule has 0 saturated carbocycles. The van der Waals surface area contributed by atoms with Crippen LogP contribution in [0.1, 0.15) is 43.0 Å². The van der Waals surface area contributed by atoms with E-state index in [-0.39, 0.29) is 0 Å². The molecule has 0 N–H and O–H groups in total. The summed E-state index contributed by atoms with van der Waals surface area (Å²) in [5.74, 6) is -0.783. The largest absolute Gasteiger partial charge is 0.282 e. The molecule has 1 aliphatic rings. The van der Waals surface area contributed by atoms with Crippen molar-refractivity contribution in [2.75, 3.05) is 0 Å². The standard InChI is InChI=1S/C22H18N2O2/c1-13-10-15(3)17(11-14(13)2)12-23-24-21(25)18-8-4-6-16-7-5-9-19(20(16)18)22(24)26/h4-12H,1-3H3/b23-12-. The Hall–Kier alpha value is -3.27. The van der Waals surface area contributed by atoms with Gasteiger partial charge in [-0.3, -0.25) is 9.59 Å². The molecule has 1 aliphatic heterocycles. The van der Waals surface area contributed by atoms with Gasteiger partial charge in [-0.2, -0.15) is 10.1 Å². The molecule has 3 aromatic rings. The second kappa shape index (κ2) is 5.92. The van der Waals surface area contributed by atoms with Crippen LogP contribution >= 0.6 is 0 Å². The van der Waals surface area contributed by atoms with Crippen LogP contribution in [0.15, 0.2) is 53.6 Å². The lowest BCUT2D eigenvalue weighted by Crippen LogP contribution is -2.36. The Balaban J connectivity index is 1.79. The summed E-state index contributed by atoms with van der Waals surface area (Å²) in [6, 6.07) is 15.0. The predicted octanol–water partition coefficient (Wildman–Crippen LogP) is 4.40. The Morgan fingerprint density at radius 3 is 2.00 bits per heavy atom. The molecule has 0 radical (unpaired) electrons. The summed E-state index contributed by atoms with van der Waals surface area (Å²) in [5, 5.41) is 6.80. The molecule has 4 nitrogen and oxygen atoms in total. The van der Waals surface area contributed by atoms with E-state index in [1.54, 1.807) is 18.3 Å². The van der Waals surface area contributed by atoms with Gasteiger partial charge in [-0.05, 0) is 66.6 Å². The van der Waals surface area contributed by atoms with Crippen molar-refractivity contribution in [2.45, 2.75) is 20.8 Å². The van der Waals surface area contributed by atoms with Gasteiger partial charge in [0.05, 0.1) is 17.3 Å². The van der Waals surface area contributed by atoms with Crippen LogP contribution in [0.4, 0.5) is 0 Å². The number of rotatable bonds is 2. The SMILES string of the molecule is Cc1cc(C)c(/C=N\N2C(=O)c3cccc4cccc(c34)C2=O)cc1C. The van der Waals surface area contributed by atoms with Gasteiger partial charge in [-0.15, -0.1) is 0 Å². The Kier molecular flexibility index (Phi) is 3.69. The Bertz CT molecular complexity index is 1060. The molecule has 26 heavy (non-hydrogen) atoms. The lowest BCUT2D eigenvalue weighted by Gasteiger charge is -2.23. The van der Waals surface area contributed by atoms with E-state index < -0.39 is 11.8 Å². The molecule has 1 heterocycles. The van der Waals surface area contributed by atoms with Crippen molar-refractivity contribution in [1.29, 1.82) is 0 Å². The molecule has 2 amide bonds. The highest BCUT2D eigenvalue weighted by molar-refractivity contribution is 6.25. The monoisotopic (exact) mass is 342 g/mol. The van der Waals surface area contributed by atoms with E-state index in [2.05, 4.69) is 18.1 Å². The minimum Gasteiger partial charge on any atom is -0.267 e. The van der Waals surface area contributed by atoms with Crippen molar-refractivity contribution in [3.05, 3.63) is 81.9 Å². The van der Waals surface area contributed by atoms with Gasteiger partial charge in [0.25, 0.3) is 11.8 Å². The fourth-order valence-corrected chi connectivity index (χ4v) is 3.36. The summed E-state index contributed by atoms with van der Waals surface area (Å²) in [6.07, 6.45) is 1.59. The maximum Gasteiger partial charge on any atom is 0.282 e. The third-order valence-corrected chi connectivity index (χ3v) is 4.94. The van der Waals surface area contributed by atoms with E-state index in [0.29, 0.717) is 16.5 Å². The molecule has 0 spiro atoms. The summed E-state index contributed by atoms with van der Waals surface area (Å²) >= 11 is 0. The third kappa shape index (κ3) is 2.42. The fraction of sp³-hybridized carbons (Fsp3) is 0.136. The molecule has 0 unspecified atom stereocenters. The second-order valence-corrected chi connectivity index (χ2v) is 6.67. The van der Waals surface area contributed by atoms with Gasteiger partial charge in [-0.25, -0.2) is 0 Å². The Morgan fingerprint density at radius 2 is 1.38 bits per heavy atom. The molecule has 0 aliphatic carbocycles. The van der Waals surface area contributed by atoms with Crippen molar-refractivity contribution < 1.29 is 9.59 Å². The van der Waals surface area contributed by atoms with Gasteiger partial charge in [0.15, 0.2) is 0 Å². The van der Waals surface area contributed by atoms with Crippen molar-refractivity contribution in [2.24, 2.45) is 5.10 Å². The quantitative estimate of drug-likeness (QED) is 0.512. The Morgan fingerprint density at radius 1 is 0.808 bits per heavy atom. The lowest BCUT2D eigenvalue weighted by molar-refractivity contribution is 0.0616. The van der Waals surface area contributed by atoms with E-state index in [1.807, 2.05) is 44.2 Å². The highest BCUT2D eigenvalue weighted by Crippen LogP contribution is 2.30. The van der Waals surface area contributed by atoms with Gasteiger partial charge in [0, 0.05) is 5.39 Å². The molecular formula is C22H18N2O2. The number of hydrogen-bond acceptors (Lipinski definition) is 3. The lowest BCUT2D eigenvalue weighted by atomic mass is 9.95. The van der Waals surface area contributed by atoms with Crippen LogP contribution in [-0.2, 0) is 0 Å². The predicted molar refractivity (Wildman–Crippen MR) is 103 cm³/mol. The van der Waals surface area contributed by atoms with E-state index in [4.69, 9.17) is 0 Å². The number of carbonyl (C=O) groups is 2. The highest BCUT2D eigenvalue weighted by Gasteiger charge is 2.32. The molecule has 0 bridgehead atoms. The van der Waals surface area contributed by atoms with Gasteiger partial charge in [0.2, 0.25) is 0 Å². The van der Waals surface area contributed by atoms with Crippen LogP contribution in [0.25, 0.3) is 10.8 Å².